The summed E-state index contributed by atoms with van der Waals surface area (Å²) in [5, 5.41) is 10.2. The monoisotopic (exact) mass is 404 g/mol. The van der Waals surface area contributed by atoms with E-state index in [0.717, 1.165) is 11.1 Å². The molecule has 1 fully saturated rings. The standard InChI is InChI=1S/C21H18N2S.C3H6O2/c1-21(10-2-11-21)24-20-9-12-23-19-8-7-17(13-18(19)20)16-5-3-15(14-22)4-6-16;1-2-5-3-4/h3-9,12-13H,2,10-11H2,1H3;3H,2H2,1H3. The SMILES string of the molecule is CC1(Sc2ccnc3ccc(-c4ccc(C#N)cc4)cc23)CCC1.CCOC=O. The Morgan fingerprint density at radius 1 is 1.17 bits per heavy atom. The van der Waals surface area contributed by atoms with Crippen molar-refractivity contribution in [3.05, 3.63) is 60.3 Å². The van der Waals surface area contributed by atoms with Gasteiger partial charge in [0.1, 0.15) is 0 Å². The van der Waals surface area contributed by atoms with Crippen LogP contribution in [-0.4, -0.2) is 22.8 Å². The van der Waals surface area contributed by atoms with Crippen LogP contribution < -0.4 is 0 Å². The predicted molar refractivity (Wildman–Crippen MR) is 118 cm³/mol. The highest BCUT2D eigenvalue weighted by Gasteiger charge is 2.33. The molecule has 0 N–H and O–H groups in total. The summed E-state index contributed by atoms with van der Waals surface area (Å²) in [5.41, 5.74) is 4.03. The number of nitriles is 1. The Hall–Kier alpha value is -2.84. The summed E-state index contributed by atoms with van der Waals surface area (Å²) in [6, 6.07) is 18.5. The molecule has 4 rings (SSSR count). The summed E-state index contributed by atoms with van der Waals surface area (Å²) in [7, 11) is 0. The number of pyridine rings is 1. The first-order chi connectivity index (χ1) is 14.1. The number of ether oxygens (including phenoxy) is 1. The van der Waals surface area contributed by atoms with E-state index in [1.54, 1.807) is 6.92 Å². The van der Waals surface area contributed by atoms with Gasteiger partial charge in [-0.05, 0) is 61.2 Å². The molecule has 0 spiro atoms. The number of hydrogen-bond donors (Lipinski definition) is 0. The largest absolute Gasteiger partial charge is 0.468 e. The molecule has 1 aliphatic carbocycles. The van der Waals surface area contributed by atoms with Crippen LogP contribution in [0.25, 0.3) is 22.0 Å². The van der Waals surface area contributed by atoms with Gasteiger partial charge in [-0.25, -0.2) is 0 Å². The van der Waals surface area contributed by atoms with Gasteiger partial charge >= 0.3 is 0 Å². The van der Waals surface area contributed by atoms with Gasteiger partial charge < -0.3 is 4.74 Å². The van der Waals surface area contributed by atoms with Crippen LogP contribution in [0, 0.1) is 11.3 Å². The van der Waals surface area contributed by atoms with Crippen molar-refractivity contribution in [1.29, 1.82) is 5.26 Å². The van der Waals surface area contributed by atoms with Gasteiger partial charge in [0.2, 0.25) is 0 Å². The number of benzene rings is 2. The highest BCUT2D eigenvalue weighted by atomic mass is 32.2. The van der Waals surface area contributed by atoms with Crippen LogP contribution in [0.2, 0.25) is 0 Å². The van der Waals surface area contributed by atoms with Gasteiger partial charge in [-0.15, -0.1) is 11.8 Å². The lowest BCUT2D eigenvalue weighted by atomic mass is 9.86. The van der Waals surface area contributed by atoms with Crippen LogP contribution in [0.3, 0.4) is 0 Å². The number of aromatic nitrogens is 1. The van der Waals surface area contributed by atoms with Gasteiger partial charge in [0.05, 0.1) is 23.8 Å². The minimum absolute atomic E-state index is 0.374. The lowest BCUT2D eigenvalue weighted by Gasteiger charge is -2.37. The Labute approximate surface area is 175 Å². The molecule has 0 saturated heterocycles. The Bertz CT molecular complexity index is 1020. The first-order valence-corrected chi connectivity index (χ1v) is 10.5. The molecule has 0 aliphatic heterocycles. The quantitative estimate of drug-likeness (QED) is 0.489. The van der Waals surface area contributed by atoms with E-state index >= 15 is 0 Å². The van der Waals surface area contributed by atoms with Gasteiger partial charge in [-0.1, -0.05) is 31.5 Å². The molecular weight excluding hydrogens is 380 g/mol. The molecule has 29 heavy (non-hydrogen) atoms. The molecule has 148 valence electrons. The number of nitrogens with zero attached hydrogens (tertiary/aromatic N) is 2. The summed E-state index contributed by atoms with van der Waals surface area (Å²) in [4.78, 5) is 15.0. The van der Waals surface area contributed by atoms with Gasteiger partial charge in [-0.3, -0.25) is 9.78 Å². The second-order valence-corrected chi connectivity index (χ2v) is 8.82. The van der Waals surface area contributed by atoms with E-state index in [2.05, 4.69) is 47.0 Å². The number of hydrogen-bond acceptors (Lipinski definition) is 5. The third kappa shape index (κ3) is 5.16. The number of thioether (sulfide) groups is 1. The van der Waals surface area contributed by atoms with Gasteiger partial charge in [0.15, 0.2) is 0 Å². The summed E-state index contributed by atoms with van der Waals surface area (Å²) in [5.74, 6) is 0. The maximum absolute atomic E-state index is 9.18. The van der Waals surface area contributed by atoms with Crippen molar-refractivity contribution in [2.45, 2.75) is 42.8 Å². The smallest absolute Gasteiger partial charge is 0.293 e. The Balaban J connectivity index is 0.000000431. The minimum atomic E-state index is 0.374. The molecule has 0 atom stereocenters. The fourth-order valence-corrected chi connectivity index (χ4v) is 4.66. The molecule has 1 aliphatic rings. The van der Waals surface area contributed by atoms with E-state index in [9.17, 15) is 4.79 Å². The Morgan fingerprint density at radius 2 is 1.90 bits per heavy atom. The molecule has 0 bridgehead atoms. The van der Waals surface area contributed by atoms with Crippen molar-refractivity contribution in [3.63, 3.8) is 0 Å². The predicted octanol–water partition coefficient (Wildman–Crippen LogP) is 5.99. The van der Waals surface area contributed by atoms with Crippen molar-refractivity contribution in [1.82, 2.24) is 4.98 Å². The fraction of sp³-hybridized carbons (Fsp3) is 0.292. The number of fused-ring (bicyclic) bond motifs is 1. The summed E-state index contributed by atoms with van der Waals surface area (Å²) >= 11 is 1.99. The molecule has 0 amide bonds. The topological polar surface area (TPSA) is 63.0 Å². The first kappa shape index (κ1) is 20.9. The summed E-state index contributed by atoms with van der Waals surface area (Å²) in [6.07, 6.45) is 5.82. The van der Waals surface area contributed by atoms with Crippen molar-refractivity contribution in [2.75, 3.05) is 6.61 Å². The van der Waals surface area contributed by atoms with Crippen LogP contribution >= 0.6 is 11.8 Å². The first-order valence-electron chi connectivity index (χ1n) is 9.72. The average molecular weight is 405 g/mol. The molecule has 1 saturated carbocycles. The van der Waals surface area contributed by atoms with Gasteiger partial charge in [0.25, 0.3) is 6.47 Å². The van der Waals surface area contributed by atoms with E-state index in [1.807, 2.05) is 42.2 Å². The molecular formula is C24H24N2O2S. The van der Waals surface area contributed by atoms with Crippen LogP contribution in [-0.2, 0) is 9.53 Å². The van der Waals surface area contributed by atoms with Gasteiger partial charge in [0, 0.05) is 21.2 Å². The van der Waals surface area contributed by atoms with Crippen LogP contribution in [0.4, 0.5) is 0 Å². The zero-order chi connectivity index (χ0) is 20.7. The van der Waals surface area contributed by atoms with E-state index in [0.29, 0.717) is 23.4 Å². The van der Waals surface area contributed by atoms with Crippen molar-refractivity contribution >= 4 is 29.1 Å². The van der Waals surface area contributed by atoms with Crippen LogP contribution in [0.5, 0.6) is 0 Å². The zero-order valence-electron chi connectivity index (χ0n) is 16.7. The lowest BCUT2D eigenvalue weighted by Crippen LogP contribution is -2.28. The fourth-order valence-electron chi connectivity index (χ4n) is 3.24. The third-order valence-corrected chi connectivity index (χ3v) is 6.53. The van der Waals surface area contributed by atoms with Crippen molar-refractivity contribution in [3.8, 4) is 17.2 Å². The lowest BCUT2D eigenvalue weighted by molar-refractivity contribution is -0.128. The number of rotatable bonds is 5. The zero-order valence-corrected chi connectivity index (χ0v) is 17.5. The molecule has 4 nitrogen and oxygen atoms in total. The van der Waals surface area contributed by atoms with Crippen LogP contribution in [0.1, 0.15) is 38.7 Å². The number of carbonyl (C=O) groups excluding carboxylic acids is 1. The minimum Gasteiger partial charge on any atom is -0.468 e. The number of carbonyl (C=O) groups is 1. The maximum Gasteiger partial charge on any atom is 0.293 e. The van der Waals surface area contributed by atoms with Gasteiger partial charge in [-0.2, -0.15) is 5.26 Å². The molecule has 1 aromatic heterocycles. The molecule has 2 aromatic carbocycles. The second-order valence-electron chi connectivity index (χ2n) is 7.19. The molecule has 0 radical (unpaired) electrons. The van der Waals surface area contributed by atoms with Crippen molar-refractivity contribution < 1.29 is 9.53 Å². The highest BCUT2D eigenvalue weighted by molar-refractivity contribution is 8.01. The Kier molecular flexibility index (Phi) is 6.90. The third-order valence-electron chi connectivity index (χ3n) is 5.05. The summed E-state index contributed by atoms with van der Waals surface area (Å²) < 4.78 is 4.53. The highest BCUT2D eigenvalue weighted by Crippen LogP contribution is 2.48. The van der Waals surface area contributed by atoms with Crippen LogP contribution in [0.15, 0.2) is 59.6 Å². The average Bonchev–Trinajstić information content (AvgIpc) is 2.74. The van der Waals surface area contributed by atoms with E-state index < -0.39 is 0 Å². The molecule has 1 heterocycles. The molecule has 5 heteroatoms. The van der Waals surface area contributed by atoms with E-state index in [1.165, 1.54) is 35.1 Å². The Morgan fingerprint density at radius 3 is 2.45 bits per heavy atom. The normalized spacial score (nSPS) is 14.1. The van der Waals surface area contributed by atoms with Crippen molar-refractivity contribution in [2.24, 2.45) is 0 Å². The van der Waals surface area contributed by atoms with E-state index in [-0.39, 0.29) is 0 Å². The molecule has 3 aromatic rings. The summed E-state index contributed by atoms with van der Waals surface area (Å²) in [6.45, 7) is 5.02. The maximum atomic E-state index is 9.18. The second kappa shape index (κ2) is 9.58. The van der Waals surface area contributed by atoms with E-state index in [4.69, 9.17) is 5.26 Å². The molecule has 0 unspecified atom stereocenters.